The first-order valence-electron chi connectivity index (χ1n) is 7.30. The van der Waals surface area contributed by atoms with Gasteiger partial charge in [0.15, 0.2) is 0 Å². The molecular formula is C15H20BNO4. The van der Waals surface area contributed by atoms with E-state index in [0.717, 1.165) is 18.4 Å². The molecule has 5 nitrogen and oxygen atoms in total. The Morgan fingerprint density at radius 3 is 3.00 bits per heavy atom. The summed E-state index contributed by atoms with van der Waals surface area (Å²) in [6.45, 7) is 3.95. The van der Waals surface area contributed by atoms with Crippen LogP contribution in [0.4, 0.5) is 0 Å². The number of carbonyl (C=O) groups excluding carboxylic acids is 2. The van der Waals surface area contributed by atoms with Crippen molar-refractivity contribution in [3.63, 3.8) is 0 Å². The highest BCUT2D eigenvalue weighted by molar-refractivity contribution is 6.32. The smallest absolute Gasteiger partial charge is 0.363 e. The molecule has 0 saturated carbocycles. The number of benzene rings is 1. The second-order valence-corrected chi connectivity index (χ2v) is 5.20. The number of rotatable bonds is 5. The van der Waals surface area contributed by atoms with Gasteiger partial charge < -0.3 is 14.7 Å². The van der Waals surface area contributed by atoms with E-state index in [1.54, 1.807) is 6.07 Å². The number of hydrogen-bond donors (Lipinski definition) is 1. The normalized spacial score (nSPS) is 16.2. The molecule has 1 aliphatic heterocycles. The van der Waals surface area contributed by atoms with Crippen LogP contribution in [0.2, 0.25) is 0 Å². The van der Waals surface area contributed by atoms with E-state index in [2.05, 4.69) is 5.32 Å². The van der Waals surface area contributed by atoms with E-state index < -0.39 is 0 Å². The standard InChI is InChI=1S/C15H20BNO4/c1-3-4-8-20-15(19)12-7-5-6-11-9-13(17-10(2)18)16-21-14(11)12/h5-7,13,16H,3-4,8-9H2,1-2H3,(H,17,18). The maximum Gasteiger partial charge on any atom is 0.363 e. The van der Waals surface area contributed by atoms with Crippen molar-refractivity contribution in [2.24, 2.45) is 0 Å². The van der Waals surface area contributed by atoms with Crippen LogP contribution in [0.25, 0.3) is 0 Å². The summed E-state index contributed by atoms with van der Waals surface area (Å²) >= 11 is 0. The minimum Gasteiger partial charge on any atom is -0.561 e. The predicted molar refractivity (Wildman–Crippen MR) is 80.7 cm³/mol. The Kier molecular flexibility index (Phi) is 5.25. The third kappa shape index (κ3) is 4.00. The number of ether oxygens (including phenoxy) is 1. The zero-order valence-electron chi connectivity index (χ0n) is 12.5. The Morgan fingerprint density at radius 2 is 2.29 bits per heavy atom. The van der Waals surface area contributed by atoms with Crippen LogP contribution in [0.3, 0.4) is 0 Å². The fourth-order valence-corrected chi connectivity index (χ4v) is 2.35. The van der Waals surface area contributed by atoms with Crippen molar-refractivity contribution in [2.45, 2.75) is 39.1 Å². The minimum absolute atomic E-state index is 0.0543. The molecule has 6 heteroatoms. The first-order chi connectivity index (χ1) is 10.1. The second kappa shape index (κ2) is 7.15. The van der Waals surface area contributed by atoms with E-state index in [0.29, 0.717) is 31.8 Å². The maximum atomic E-state index is 12.1. The van der Waals surface area contributed by atoms with Gasteiger partial charge in [-0.15, -0.1) is 0 Å². The number of unbranched alkanes of at least 4 members (excludes halogenated alkanes) is 1. The molecule has 0 bridgehead atoms. The number of nitrogens with one attached hydrogen (secondary N) is 1. The van der Waals surface area contributed by atoms with Crippen LogP contribution in [-0.2, 0) is 16.0 Å². The molecule has 112 valence electrons. The van der Waals surface area contributed by atoms with Crippen LogP contribution in [0.5, 0.6) is 5.75 Å². The van der Waals surface area contributed by atoms with Crippen molar-refractivity contribution < 1.29 is 19.0 Å². The van der Waals surface area contributed by atoms with E-state index >= 15 is 0 Å². The number of hydrogen-bond acceptors (Lipinski definition) is 4. The Bertz CT molecular complexity index is 532. The lowest BCUT2D eigenvalue weighted by molar-refractivity contribution is -0.119. The van der Waals surface area contributed by atoms with Gasteiger partial charge in [-0.2, -0.15) is 0 Å². The van der Waals surface area contributed by atoms with Gasteiger partial charge in [0, 0.05) is 12.9 Å². The summed E-state index contributed by atoms with van der Waals surface area (Å²) in [7, 11) is 0.367. The first kappa shape index (κ1) is 15.4. The van der Waals surface area contributed by atoms with Crippen LogP contribution in [0, 0.1) is 0 Å². The number of para-hydroxylation sites is 1. The molecule has 0 aliphatic carbocycles. The lowest BCUT2D eigenvalue weighted by Gasteiger charge is -2.26. The molecule has 1 heterocycles. The van der Waals surface area contributed by atoms with Gasteiger partial charge in [-0.05, 0) is 24.5 Å². The van der Waals surface area contributed by atoms with Gasteiger partial charge in [0.05, 0.1) is 6.61 Å². The van der Waals surface area contributed by atoms with Crippen molar-refractivity contribution in [3.8, 4) is 5.75 Å². The summed E-state index contributed by atoms with van der Waals surface area (Å²) in [6.07, 6.45) is 2.49. The molecule has 0 saturated heterocycles. The van der Waals surface area contributed by atoms with E-state index in [1.165, 1.54) is 6.92 Å². The van der Waals surface area contributed by atoms with E-state index in [1.807, 2.05) is 19.1 Å². The molecule has 1 aromatic rings. The molecule has 21 heavy (non-hydrogen) atoms. The number of fused-ring (bicyclic) bond motifs is 1. The van der Waals surface area contributed by atoms with Crippen LogP contribution in [-0.4, -0.2) is 31.9 Å². The van der Waals surface area contributed by atoms with Crippen LogP contribution >= 0.6 is 0 Å². The maximum absolute atomic E-state index is 12.1. The molecule has 1 unspecified atom stereocenters. The van der Waals surface area contributed by atoms with Gasteiger partial charge in [-0.1, -0.05) is 25.5 Å². The summed E-state index contributed by atoms with van der Waals surface area (Å²) in [5, 5.41) is 2.83. The van der Waals surface area contributed by atoms with Crippen molar-refractivity contribution in [3.05, 3.63) is 29.3 Å². The van der Waals surface area contributed by atoms with Crippen molar-refractivity contribution in [1.82, 2.24) is 5.32 Å². The lowest BCUT2D eigenvalue weighted by atomic mass is 9.79. The van der Waals surface area contributed by atoms with Gasteiger partial charge in [-0.25, -0.2) is 4.79 Å². The van der Waals surface area contributed by atoms with Crippen LogP contribution in [0.1, 0.15) is 42.6 Å². The Balaban J connectivity index is 2.09. The highest BCUT2D eigenvalue weighted by atomic mass is 16.5. The van der Waals surface area contributed by atoms with Crippen molar-refractivity contribution >= 4 is 19.4 Å². The monoisotopic (exact) mass is 289 g/mol. The number of amides is 1. The lowest BCUT2D eigenvalue weighted by Crippen LogP contribution is -2.44. The molecule has 1 N–H and O–H groups in total. The zero-order chi connectivity index (χ0) is 15.2. The summed E-state index contributed by atoms with van der Waals surface area (Å²) in [5.41, 5.74) is 1.38. The van der Waals surface area contributed by atoms with E-state index in [9.17, 15) is 9.59 Å². The average Bonchev–Trinajstić information content (AvgIpc) is 2.46. The number of esters is 1. The summed E-state index contributed by atoms with van der Waals surface area (Å²) in [5.74, 6) is 0.0995. The molecule has 0 aromatic heterocycles. The molecule has 1 amide bonds. The third-order valence-corrected chi connectivity index (χ3v) is 3.35. The number of carbonyl (C=O) groups is 2. The summed E-state index contributed by atoms with van der Waals surface area (Å²) in [6, 6.07) is 5.44. The molecule has 0 radical (unpaired) electrons. The fraction of sp³-hybridized carbons (Fsp3) is 0.467. The third-order valence-electron chi connectivity index (χ3n) is 3.35. The van der Waals surface area contributed by atoms with Gasteiger partial charge in [0.2, 0.25) is 5.91 Å². The summed E-state index contributed by atoms with van der Waals surface area (Å²) in [4.78, 5) is 23.2. The highest BCUT2D eigenvalue weighted by Crippen LogP contribution is 2.29. The summed E-state index contributed by atoms with van der Waals surface area (Å²) < 4.78 is 10.9. The quantitative estimate of drug-likeness (QED) is 0.505. The largest absolute Gasteiger partial charge is 0.561 e. The van der Waals surface area contributed by atoms with E-state index in [-0.39, 0.29) is 17.8 Å². The van der Waals surface area contributed by atoms with Gasteiger partial charge >= 0.3 is 13.5 Å². The average molecular weight is 289 g/mol. The second-order valence-electron chi connectivity index (χ2n) is 5.20. The Labute approximate surface area is 125 Å². The van der Waals surface area contributed by atoms with Crippen LogP contribution in [0.15, 0.2) is 18.2 Å². The molecule has 1 aromatic carbocycles. The minimum atomic E-state index is -0.349. The zero-order valence-corrected chi connectivity index (χ0v) is 12.5. The molecule has 1 atom stereocenters. The van der Waals surface area contributed by atoms with Crippen molar-refractivity contribution in [1.29, 1.82) is 0 Å². The highest BCUT2D eigenvalue weighted by Gasteiger charge is 2.26. The van der Waals surface area contributed by atoms with Crippen molar-refractivity contribution in [2.75, 3.05) is 6.61 Å². The SMILES string of the molecule is CCCCOC(=O)c1cccc2c1OBC(NC(C)=O)C2. The fourth-order valence-electron chi connectivity index (χ4n) is 2.35. The predicted octanol–water partition coefficient (Wildman–Crippen LogP) is 1.39. The van der Waals surface area contributed by atoms with Crippen LogP contribution < -0.4 is 9.97 Å². The van der Waals surface area contributed by atoms with Gasteiger partial charge in [-0.3, -0.25) is 4.79 Å². The topological polar surface area (TPSA) is 64.6 Å². The molecular weight excluding hydrogens is 269 g/mol. The molecule has 1 aliphatic rings. The van der Waals surface area contributed by atoms with E-state index in [4.69, 9.17) is 9.39 Å². The molecule has 2 rings (SSSR count). The van der Waals surface area contributed by atoms with Gasteiger partial charge in [0.25, 0.3) is 0 Å². The van der Waals surface area contributed by atoms with Gasteiger partial charge in [0.1, 0.15) is 11.3 Å². The Hall–Kier alpha value is -1.98. The first-order valence-corrected chi connectivity index (χ1v) is 7.30. The molecule has 0 fully saturated rings. The Morgan fingerprint density at radius 1 is 1.48 bits per heavy atom. The molecule has 0 spiro atoms.